The summed E-state index contributed by atoms with van der Waals surface area (Å²) in [6.45, 7) is 0.783. The summed E-state index contributed by atoms with van der Waals surface area (Å²) in [5.41, 5.74) is -0.0408. The van der Waals surface area contributed by atoms with Gasteiger partial charge >= 0.3 is 6.18 Å². The van der Waals surface area contributed by atoms with Crippen LogP contribution in [0, 0.1) is 5.92 Å². The molecule has 0 atom stereocenters. The molecule has 2 aliphatic carbocycles. The molecule has 18 heavy (non-hydrogen) atoms. The van der Waals surface area contributed by atoms with E-state index < -0.39 is 12.1 Å². The van der Waals surface area contributed by atoms with Gasteiger partial charge in [-0.05, 0) is 44.9 Å². The fourth-order valence-electron chi connectivity index (χ4n) is 2.98. The van der Waals surface area contributed by atoms with Crippen molar-refractivity contribution in [3.8, 4) is 0 Å². The summed E-state index contributed by atoms with van der Waals surface area (Å²) >= 11 is 0. The monoisotopic (exact) mass is 265 g/mol. The second-order valence-electron chi connectivity index (χ2n) is 5.71. The molecule has 5 heteroatoms. The van der Waals surface area contributed by atoms with Crippen molar-refractivity contribution in [2.24, 2.45) is 5.92 Å². The van der Waals surface area contributed by atoms with E-state index in [0.29, 0.717) is 12.8 Å². The highest BCUT2D eigenvalue weighted by Gasteiger charge is 2.42. The van der Waals surface area contributed by atoms with Gasteiger partial charge in [-0.2, -0.15) is 13.2 Å². The molecule has 2 nitrogen and oxygen atoms in total. The normalized spacial score (nSPS) is 32.0. The Kier molecular flexibility index (Phi) is 4.22. The smallest absolute Gasteiger partial charge is 0.377 e. The van der Waals surface area contributed by atoms with Gasteiger partial charge in [-0.1, -0.05) is 0 Å². The molecule has 0 aromatic heterocycles. The molecule has 0 aliphatic heterocycles. The Bertz CT molecular complexity index is 262. The Balaban J connectivity index is 1.71. The van der Waals surface area contributed by atoms with E-state index in [1.54, 1.807) is 7.11 Å². The molecule has 0 heterocycles. The zero-order chi connectivity index (χ0) is 13.2. The number of nitrogens with one attached hydrogen (secondary N) is 1. The number of ether oxygens (including phenoxy) is 1. The van der Waals surface area contributed by atoms with Crippen molar-refractivity contribution >= 4 is 0 Å². The van der Waals surface area contributed by atoms with E-state index in [4.69, 9.17) is 4.74 Å². The van der Waals surface area contributed by atoms with Gasteiger partial charge in [-0.25, -0.2) is 0 Å². The average Bonchev–Trinajstić information content (AvgIpc) is 2.28. The number of hydrogen-bond acceptors (Lipinski definition) is 2. The quantitative estimate of drug-likeness (QED) is 0.842. The van der Waals surface area contributed by atoms with Crippen molar-refractivity contribution in [1.82, 2.24) is 5.32 Å². The number of hydrogen-bond donors (Lipinski definition) is 1. The standard InChI is InChI=1S/C13H22F3NO/c1-18-12(7-2-8-12)9-17-11-5-3-10(4-6-11)13(14,15)16/h10-11,17H,2-9H2,1H3. The Morgan fingerprint density at radius 3 is 2.17 bits per heavy atom. The molecule has 0 amide bonds. The Morgan fingerprint density at radius 2 is 1.78 bits per heavy atom. The average molecular weight is 265 g/mol. The molecule has 2 fully saturated rings. The third-order valence-corrected chi connectivity index (χ3v) is 4.60. The van der Waals surface area contributed by atoms with Crippen molar-refractivity contribution in [3.05, 3.63) is 0 Å². The van der Waals surface area contributed by atoms with Crippen LogP contribution >= 0.6 is 0 Å². The van der Waals surface area contributed by atoms with Crippen LogP contribution in [0.2, 0.25) is 0 Å². The first-order valence-corrected chi connectivity index (χ1v) is 6.80. The molecule has 2 rings (SSSR count). The summed E-state index contributed by atoms with van der Waals surface area (Å²) in [6.07, 6.45) is 1.10. The highest BCUT2D eigenvalue weighted by molar-refractivity contribution is 4.93. The first kappa shape index (κ1) is 14.1. The van der Waals surface area contributed by atoms with E-state index in [-0.39, 0.29) is 24.5 Å². The van der Waals surface area contributed by atoms with Crippen molar-refractivity contribution in [3.63, 3.8) is 0 Å². The summed E-state index contributed by atoms with van der Waals surface area (Å²) in [6, 6.07) is 0.233. The van der Waals surface area contributed by atoms with E-state index in [1.807, 2.05) is 0 Å². The lowest BCUT2D eigenvalue weighted by atomic mass is 9.79. The van der Waals surface area contributed by atoms with Gasteiger partial charge in [0.1, 0.15) is 0 Å². The van der Waals surface area contributed by atoms with Crippen LogP contribution in [0.15, 0.2) is 0 Å². The summed E-state index contributed by atoms with van der Waals surface area (Å²) in [5, 5.41) is 3.39. The molecule has 2 saturated carbocycles. The van der Waals surface area contributed by atoms with Crippen LogP contribution in [-0.2, 0) is 4.74 Å². The first-order chi connectivity index (χ1) is 8.45. The molecule has 1 N–H and O–H groups in total. The summed E-state index contributed by atoms with van der Waals surface area (Å²) < 4.78 is 43.1. The summed E-state index contributed by atoms with van der Waals surface area (Å²) in [5.74, 6) is -1.09. The Hall–Kier alpha value is -0.290. The largest absolute Gasteiger partial charge is 0.391 e. The Labute approximate surface area is 106 Å². The van der Waals surface area contributed by atoms with Crippen molar-refractivity contribution in [2.75, 3.05) is 13.7 Å². The van der Waals surface area contributed by atoms with Gasteiger partial charge in [-0.15, -0.1) is 0 Å². The van der Waals surface area contributed by atoms with Gasteiger partial charge < -0.3 is 10.1 Å². The molecule has 0 aromatic rings. The lowest BCUT2D eigenvalue weighted by molar-refractivity contribution is -0.183. The second kappa shape index (κ2) is 5.37. The molecule has 0 unspecified atom stereocenters. The molecule has 0 radical (unpaired) electrons. The fourth-order valence-corrected chi connectivity index (χ4v) is 2.98. The lowest BCUT2D eigenvalue weighted by Crippen LogP contribution is -2.51. The van der Waals surface area contributed by atoms with Crippen LogP contribution in [-0.4, -0.2) is 31.5 Å². The number of alkyl halides is 3. The van der Waals surface area contributed by atoms with Crippen molar-refractivity contribution in [2.45, 2.75) is 62.8 Å². The zero-order valence-corrected chi connectivity index (χ0v) is 10.9. The maximum absolute atomic E-state index is 12.5. The van der Waals surface area contributed by atoms with Gasteiger partial charge in [0, 0.05) is 19.7 Å². The van der Waals surface area contributed by atoms with E-state index >= 15 is 0 Å². The second-order valence-corrected chi connectivity index (χ2v) is 5.71. The van der Waals surface area contributed by atoms with Crippen LogP contribution in [0.4, 0.5) is 13.2 Å². The van der Waals surface area contributed by atoms with Crippen molar-refractivity contribution in [1.29, 1.82) is 0 Å². The SMILES string of the molecule is COC1(CNC2CCC(C(F)(F)F)CC2)CCC1. The van der Waals surface area contributed by atoms with Crippen LogP contribution in [0.3, 0.4) is 0 Å². The lowest BCUT2D eigenvalue weighted by Gasteiger charge is -2.42. The van der Waals surface area contributed by atoms with Crippen LogP contribution in [0.1, 0.15) is 44.9 Å². The summed E-state index contributed by atoms with van der Waals surface area (Å²) in [7, 11) is 1.72. The minimum absolute atomic E-state index is 0.0408. The molecular weight excluding hydrogens is 243 g/mol. The topological polar surface area (TPSA) is 21.3 Å². The number of methoxy groups -OCH3 is 1. The molecule has 0 bridgehead atoms. The zero-order valence-electron chi connectivity index (χ0n) is 10.9. The van der Waals surface area contributed by atoms with Crippen molar-refractivity contribution < 1.29 is 17.9 Å². The van der Waals surface area contributed by atoms with Crippen LogP contribution in [0.5, 0.6) is 0 Å². The highest BCUT2D eigenvalue weighted by Crippen LogP contribution is 2.38. The van der Waals surface area contributed by atoms with Gasteiger partial charge in [0.05, 0.1) is 11.5 Å². The predicted molar refractivity (Wildman–Crippen MR) is 63.4 cm³/mol. The predicted octanol–water partition coefficient (Wildman–Crippen LogP) is 3.27. The molecule has 0 saturated heterocycles. The van der Waals surface area contributed by atoms with E-state index in [2.05, 4.69) is 5.32 Å². The van der Waals surface area contributed by atoms with Gasteiger partial charge in [0.2, 0.25) is 0 Å². The molecule has 0 aromatic carbocycles. The molecular formula is C13H22F3NO. The van der Waals surface area contributed by atoms with Gasteiger partial charge in [0.25, 0.3) is 0 Å². The number of rotatable bonds is 4. The maximum atomic E-state index is 12.5. The van der Waals surface area contributed by atoms with Gasteiger partial charge in [0.15, 0.2) is 0 Å². The van der Waals surface area contributed by atoms with E-state index in [1.165, 1.54) is 6.42 Å². The maximum Gasteiger partial charge on any atom is 0.391 e. The highest BCUT2D eigenvalue weighted by atomic mass is 19.4. The van der Waals surface area contributed by atoms with E-state index in [9.17, 15) is 13.2 Å². The fraction of sp³-hybridized carbons (Fsp3) is 1.00. The minimum atomic E-state index is -4.01. The minimum Gasteiger partial charge on any atom is -0.377 e. The van der Waals surface area contributed by atoms with Gasteiger partial charge in [-0.3, -0.25) is 0 Å². The third-order valence-electron chi connectivity index (χ3n) is 4.60. The van der Waals surface area contributed by atoms with E-state index in [0.717, 1.165) is 19.4 Å². The summed E-state index contributed by atoms with van der Waals surface area (Å²) in [4.78, 5) is 0. The van der Waals surface area contributed by atoms with Crippen LogP contribution in [0.25, 0.3) is 0 Å². The number of halogens is 3. The first-order valence-electron chi connectivity index (χ1n) is 6.80. The van der Waals surface area contributed by atoms with Crippen LogP contribution < -0.4 is 5.32 Å². The molecule has 0 spiro atoms. The Morgan fingerprint density at radius 1 is 1.17 bits per heavy atom. The molecule has 106 valence electrons. The molecule has 2 aliphatic rings. The third kappa shape index (κ3) is 3.18.